The van der Waals surface area contributed by atoms with E-state index in [0.29, 0.717) is 18.4 Å². The smallest absolute Gasteiger partial charge is 0.223 e. The van der Waals surface area contributed by atoms with Gasteiger partial charge in [-0.3, -0.25) is 9.69 Å². The van der Waals surface area contributed by atoms with Crippen LogP contribution in [0.15, 0.2) is 0 Å². The quantitative estimate of drug-likeness (QED) is 0.694. The molecule has 0 N–H and O–H groups in total. The van der Waals surface area contributed by atoms with Crippen LogP contribution < -0.4 is 0 Å². The third kappa shape index (κ3) is 2.11. The summed E-state index contributed by atoms with van der Waals surface area (Å²) in [6.45, 7) is 4.22. The van der Waals surface area contributed by atoms with E-state index in [4.69, 9.17) is 0 Å². The highest BCUT2D eigenvalue weighted by molar-refractivity contribution is 9.09. The first-order valence-corrected chi connectivity index (χ1v) is 6.51. The predicted octanol–water partition coefficient (Wildman–Crippen LogP) is 1.08. The molecule has 2 aliphatic rings. The van der Waals surface area contributed by atoms with Crippen molar-refractivity contribution >= 4 is 21.8 Å². The molecule has 0 bridgehead atoms. The van der Waals surface area contributed by atoms with Crippen LogP contribution in [-0.2, 0) is 4.79 Å². The second-order valence-electron chi connectivity index (χ2n) is 4.11. The molecule has 3 nitrogen and oxygen atoms in total. The average Bonchev–Trinajstić information content (AvgIpc) is 2.64. The summed E-state index contributed by atoms with van der Waals surface area (Å²) in [7, 11) is 0. The first kappa shape index (κ1) is 10.4. The van der Waals surface area contributed by atoms with Crippen molar-refractivity contribution in [2.24, 2.45) is 0 Å². The van der Waals surface area contributed by atoms with Gasteiger partial charge in [-0.25, -0.2) is 0 Å². The number of piperazine rings is 1. The van der Waals surface area contributed by atoms with Gasteiger partial charge in [0, 0.05) is 37.4 Å². The third-order valence-electron chi connectivity index (χ3n) is 3.25. The molecule has 0 aromatic carbocycles. The number of halogens is 1. The number of alkyl halides is 1. The van der Waals surface area contributed by atoms with Crippen LogP contribution in [0.2, 0.25) is 0 Å². The molecule has 2 heterocycles. The molecule has 1 unspecified atom stereocenters. The zero-order chi connectivity index (χ0) is 9.97. The molecule has 0 spiro atoms. The van der Waals surface area contributed by atoms with Crippen molar-refractivity contribution < 1.29 is 4.79 Å². The number of hydrogen-bond donors (Lipinski definition) is 0. The fraction of sp³-hybridized carbons (Fsp3) is 0.900. The predicted molar refractivity (Wildman–Crippen MR) is 59.6 cm³/mol. The highest BCUT2D eigenvalue weighted by Gasteiger charge is 2.31. The van der Waals surface area contributed by atoms with Crippen LogP contribution in [-0.4, -0.2) is 53.3 Å². The van der Waals surface area contributed by atoms with Crippen LogP contribution in [0, 0.1) is 0 Å². The number of nitrogens with zero attached hydrogens (tertiary/aromatic N) is 2. The van der Waals surface area contributed by atoms with Gasteiger partial charge in [0.15, 0.2) is 0 Å². The summed E-state index contributed by atoms with van der Waals surface area (Å²) < 4.78 is 0. The number of carbonyl (C=O) groups excluding carboxylic acids is 1. The van der Waals surface area contributed by atoms with E-state index in [0.717, 1.165) is 25.0 Å². The highest BCUT2D eigenvalue weighted by Crippen LogP contribution is 2.21. The van der Waals surface area contributed by atoms with Gasteiger partial charge in [0.2, 0.25) is 5.91 Å². The van der Waals surface area contributed by atoms with Crippen LogP contribution in [0.4, 0.5) is 0 Å². The first-order chi connectivity index (χ1) is 6.81. The van der Waals surface area contributed by atoms with Crippen molar-refractivity contribution in [3.05, 3.63) is 0 Å². The van der Waals surface area contributed by atoms with Crippen LogP contribution in [0.5, 0.6) is 0 Å². The van der Waals surface area contributed by atoms with Crippen LogP contribution >= 0.6 is 15.9 Å². The molecule has 2 fully saturated rings. The molecule has 1 amide bonds. The minimum Gasteiger partial charge on any atom is -0.340 e. The summed E-state index contributed by atoms with van der Waals surface area (Å²) in [6, 6.07) is 0.656. The van der Waals surface area contributed by atoms with Crippen molar-refractivity contribution in [1.29, 1.82) is 0 Å². The van der Waals surface area contributed by atoms with E-state index in [1.165, 1.54) is 19.4 Å². The minimum atomic E-state index is 0.313. The molecule has 2 aliphatic heterocycles. The molecule has 0 aromatic heterocycles. The Balaban J connectivity index is 1.87. The summed E-state index contributed by atoms with van der Waals surface area (Å²) in [4.78, 5) is 16.2. The third-order valence-corrected chi connectivity index (χ3v) is 3.64. The summed E-state index contributed by atoms with van der Waals surface area (Å²) in [5.41, 5.74) is 0. The zero-order valence-corrected chi connectivity index (χ0v) is 10.0. The lowest BCUT2D eigenvalue weighted by Crippen LogP contribution is -2.52. The molecule has 14 heavy (non-hydrogen) atoms. The Morgan fingerprint density at radius 2 is 2.21 bits per heavy atom. The monoisotopic (exact) mass is 260 g/mol. The van der Waals surface area contributed by atoms with E-state index in [9.17, 15) is 4.79 Å². The van der Waals surface area contributed by atoms with Crippen molar-refractivity contribution in [2.75, 3.05) is 31.5 Å². The maximum absolute atomic E-state index is 11.7. The second-order valence-corrected chi connectivity index (χ2v) is 4.90. The van der Waals surface area contributed by atoms with Crippen molar-refractivity contribution in [2.45, 2.75) is 25.3 Å². The van der Waals surface area contributed by atoms with Crippen molar-refractivity contribution in [3.63, 3.8) is 0 Å². The Bertz CT molecular complexity index is 222. The van der Waals surface area contributed by atoms with Gasteiger partial charge >= 0.3 is 0 Å². The van der Waals surface area contributed by atoms with Gasteiger partial charge in [0.1, 0.15) is 0 Å². The molecule has 0 saturated carbocycles. The molecular formula is C10H17BrN2O. The molecule has 2 saturated heterocycles. The second kappa shape index (κ2) is 4.62. The zero-order valence-electron chi connectivity index (χ0n) is 8.41. The molecule has 80 valence electrons. The lowest BCUT2D eigenvalue weighted by atomic mass is 10.1. The largest absolute Gasteiger partial charge is 0.340 e. The normalized spacial score (nSPS) is 27.8. The number of fused-ring (bicyclic) bond motifs is 1. The van der Waals surface area contributed by atoms with Crippen molar-refractivity contribution in [3.8, 4) is 0 Å². The van der Waals surface area contributed by atoms with Crippen LogP contribution in [0.3, 0.4) is 0 Å². The Kier molecular flexibility index (Phi) is 3.44. The molecule has 0 radical (unpaired) electrons. The highest BCUT2D eigenvalue weighted by atomic mass is 79.9. The topological polar surface area (TPSA) is 23.6 Å². The van der Waals surface area contributed by atoms with Gasteiger partial charge < -0.3 is 4.90 Å². The molecule has 4 heteroatoms. The number of carbonyl (C=O) groups is 1. The fourth-order valence-electron chi connectivity index (χ4n) is 2.46. The van der Waals surface area contributed by atoms with Gasteiger partial charge in [-0.15, -0.1) is 0 Å². The Labute approximate surface area is 93.6 Å². The molecule has 1 atom stereocenters. The molecule has 0 aromatic rings. The Morgan fingerprint density at radius 1 is 1.36 bits per heavy atom. The van der Waals surface area contributed by atoms with E-state index >= 15 is 0 Å². The summed E-state index contributed by atoms with van der Waals surface area (Å²) in [6.07, 6.45) is 3.23. The summed E-state index contributed by atoms with van der Waals surface area (Å²) in [5, 5.41) is 0.788. The first-order valence-electron chi connectivity index (χ1n) is 5.39. The van der Waals surface area contributed by atoms with Gasteiger partial charge in [-0.05, 0) is 19.4 Å². The fourth-order valence-corrected chi connectivity index (χ4v) is 2.80. The molecule has 2 rings (SSSR count). The van der Waals surface area contributed by atoms with Gasteiger partial charge in [0.05, 0.1) is 0 Å². The van der Waals surface area contributed by atoms with Gasteiger partial charge in [-0.1, -0.05) is 15.9 Å². The number of rotatable bonds is 2. The van der Waals surface area contributed by atoms with Gasteiger partial charge in [0.25, 0.3) is 0 Å². The van der Waals surface area contributed by atoms with Crippen LogP contribution in [0.1, 0.15) is 19.3 Å². The SMILES string of the molecule is O=C(CCBr)N1CCN2CCCC2C1. The van der Waals surface area contributed by atoms with Crippen molar-refractivity contribution in [1.82, 2.24) is 9.80 Å². The van der Waals surface area contributed by atoms with Crippen LogP contribution in [0.25, 0.3) is 0 Å². The van der Waals surface area contributed by atoms with E-state index in [1.807, 2.05) is 4.90 Å². The maximum Gasteiger partial charge on any atom is 0.223 e. The summed E-state index contributed by atoms with van der Waals surface area (Å²) >= 11 is 3.32. The Morgan fingerprint density at radius 3 is 3.00 bits per heavy atom. The lowest BCUT2D eigenvalue weighted by molar-refractivity contribution is -0.133. The van der Waals surface area contributed by atoms with E-state index in [2.05, 4.69) is 20.8 Å². The van der Waals surface area contributed by atoms with E-state index < -0.39 is 0 Å². The number of amides is 1. The maximum atomic E-state index is 11.7. The summed E-state index contributed by atoms with van der Waals surface area (Å²) in [5.74, 6) is 0.313. The lowest BCUT2D eigenvalue weighted by Gasteiger charge is -2.37. The average molecular weight is 261 g/mol. The number of hydrogen-bond acceptors (Lipinski definition) is 2. The Hall–Kier alpha value is -0.0900. The molecule has 0 aliphatic carbocycles. The minimum absolute atomic E-state index is 0.313. The van der Waals surface area contributed by atoms with Gasteiger partial charge in [-0.2, -0.15) is 0 Å². The van der Waals surface area contributed by atoms with E-state index in [-0.39, 0.29) is 0 Å². The van der Waals surface area contributed by atoms with E-state index in [1.54, 1.807) is 0 Å². The standard InChI is InChI=1S/C10H17BrN2O/c11-4-3-10(14)13-7-6-12-5-1-2-9(12)8-13/h9H,1-8H2. The molecular weight excluding hydrogens is 244 g/mol.